The second-order valence-electron chi connectivity index (χ2n) is 13.1. The topological polar surface area (TPSA) is 116 Å². The van der Waals surface area contributed by atoms with Crippen LogP contribution in [0.1, 0.15) is 88.0 Å². The van der Waals surface area contributed by atoms with Crippen molar-refractivity contribution in [3.8, 4) is 33.6 Å². The van der Waals surface area contributed by atoms with E-state index in [0.29, 0.717) is 47.2 Å². The molecule has 0 radical (unpaired) electrons. The van der Waals surface area contributed by atoms with Crippen LogP contribution < -0.4 is 5.32 Å². The van der Waals surface area contributed by atoms with Crippen molar-refractivity contribution in [2.45, 2.75) is 83.0 Å². The molecule has 2 atom stereocenters. The molecular weight excluding hydrogens is 621 g/mol. The van der Waals surface area contributed by atoms with Gasteiger partial charge in [-0.3, -0.25) is 4.79 Å². The van der Waals surface area contributed by atoms with Crippen LogP contribution >= 0.6 is 0 Å². The average Bonchev–Trinajstić information content (AvgIpc) is 3.88. The lowest BCUT2D eigenvalue weighted by Crippen LogP contribution is -2.51. The van der Waals surface area contributed by atoms with Crippen molar-refractivity contribution < 1.29 is 27.5 Å². The summed E-state index contributed by atoms with van der Waals surface area (Å²) >= 11 is 0. The molecule has 2 aliphatic rings. The van der Waals surface area contributed by atoms with Crippen molar-refractivity contribution in [3.63, 3.8) is 0 Å². The number of methoxy groups -OCH3 is 1. The van der Waals surface area contributed by atoms with Crippen molar-refractivity contribution in [1.29, 1.82) is 0 Å². The molecule has 12 heteroatoms. The van der Waals surface area contributed by atoms with E-state index >= 15 is 0 Å². The fraction of sp³-hybridized carbons (Fsp3) is 0.444. The van der Waals surface area contributed by atoms with Crippen LogP contribution in [-0.2, 0) is 15.7 Å². The Bertz CT molecular complexity index is 1740. The van der Waals surface area contributed by atoms with E-state index in [4.69, 9.17) is 4.74 Å². The summed E-state index contributed by atoms with van der Waals surface area (Å²) in [5.74, 6) is 1.43. The Balaban J connectivity index is 1.21. The van der Waals surface area contributed by atoms with E-state index in [0.717, 1.165) is 43.5 Å². The minimum atomic E-state index is -4.56. The highest BCUT2D eigenvalue weighted by Crippen LogP contribution is 2.41. The fourth-order valence-electron chi connectivity index (χ4n) is 6.94. The number of aromatic nitrogens is 4. The molecule has 6 rings (SSSR count). The summed E-state index contributed by atoms with van der Waals surface area (Å²) in [7, 11) is 1.26. The Labute approximate surface area is 277 Å². The van der Waals surface area contributed by atoms with Crippen molar-refractivity contribution in [2.24, 2.45) is 5.92 Å². The fourth-order valence-corrected chi connectivity index (χ4v) is 6.94. The van der Waals surface area contributed by atoms with E-state index < -0.39 is 23.9 Å². The molecule has 2 amide bonds. The predicted molar refractivity (Wildman–Crippen MR) is 176 cm³/mol. The maximum absolute atomic E-state index is 14.4. The molecule has 0 spiro atoms. The lowest BCUT2D eigenvalue weighted by Gasteiger charge is -2.30. The number of rotatable bonds is 8. The zero-order valence-electron chi connectivity index (χ0n) is 27.4. The number of nitrogens with one attached hydrogen (secondary N) is 3. The lowest BCUT2D eigenvalue weighted by molar-refractivity contribution is -0.137. The number of alkyl carbamates (subject to hydrolysis) is 1. The lowest BCUT2D eigenvalue weighted by atomic mass is 9.89. The van der Waals surface area contributed by atoms with Gasteiger partial charge in [-0.25, -0.2) is 14.8 Å². The summed E-state index contributed by atoms with van der Waals surface area (Å²) in [5.41, 5.74) is 2.29. The SMILES string of the molecule is COC(=O)NC(C(=O)N1CCCC1c1ncc(-c2ccc(-c3ccc(-c4cnc(C5CCCCC5)[nH]4)cc3C(F)(F)F)cc2)[nH]1)C(C)C. The van der Waals surface area contributed by atoms with E-state index in [9.17, 15) is 22.8 Å². The third kappa shape index (κ3) is 6.97. The molecule has 254 valence electrons. The second kappa shape index (κ2) is 13.9. The Hall–Kier alpha value is -4.61. The number of amides is 2. The molecule has 2 aromatic heterocycles. The smallest absolute Gasteiger partial charge is 0.417 e. The molecule has 1 aliphatic carbocycles. The number of nitrogens with zero attached hydrogens (tertiary/aromatic N) is 3. The second-order valence-corrected chi connectivity index (χ2v) is 13.1. The largest absolute Gasteiger partial charge is 0.453 e. The van der Waals surface area contributed by atoms with Crippen LogP contribution in [0.2, 0.25) is 0 Å². The van der Waals surface area contributed by atoms with Gasteiger partial charge in [0.25, 0.3) is 0 Å². The maximum atomic E-state index is 14.4. The molecule has 1 aliphatic heterocycles. The van der Waals surface area contributed by atoms with E-state index in [1.807, 2.05) is 13.8 Å². The van der Waals surface area contributed by atoms with E-state index in [1.54, 1.807) is 47.6 Å². The Morgan fingerprint density at radius 1 is 0.875 bits per heavy atom. The van der Waals surface area contributed by atoms with Gasteiger partial charge in [0.05, 0.1) is 42.5 Å². The molecule has 2 aromatic carbocycles. The van der Waals surface area contributed by atoms with Crippen molar-refractivity contribution in [2.75, 3.05) is 13.7 Å². The first-order valence-corrected chi connectivity index (χ1v) is 16.6. The van der Waals surface area contributed by atoms with Crippen LogP contribution in [0, 0.1) is 5.92 Å². The zero-order valence-corrected chi connectivity index (χ0v) is 27.4. The summed E-state index contributed by atoms with van der Waals surface area (Å²) in [6.45, 7) is 4.25. The number of carbonyl (C=O) groups is 2. The van der Waals surface area contributed by atoms with Gasteiger partial charge in [0.1, 0.15) is 17.7 Å². The molecule has 9 nitrogen and oxygen atoms in total. The van der Waals surface area contributed by atoms with Gasteiger partial charge in [-0.2, -0.15) is 13.2 Å². The highest BCUT2D eigenvalue weighted by atomic mass is 19.4. The molecule has 2 unspecified atom stereocenters. The number of carbonyl (C=O) groups excluding carboxylic acids is 2. The number of aromatic amines is 2. The Morgan fingerprint density at radius 3 is 2.17 bits per heavy atom. The van der Waals surface area contributed by atoms with E-state index in [-0.39, 0.29) is 23.4 Å². The zero-order chi connectivity index (χ0) is 34.0. The highest BCUT2D eigenvalue weighted by Gasteiger charge is 2.38. The standard InChI is InChI=1S/C36H41F3N6O3/c1-21(2)31(44-35(47)48-3)34(46)45-17-7-10-30(45)33-41-19-28(43-33)23-13-11-22(12-14-23)26-16-15-25(18-27(26)36(37,38)39)29-20-40-32(42-29)24-8-5-4-6-9-24/h11-16,18-21,24,30-31H,4-10,17H2,1-3H3,(H,40,42)(H,41,43)(H,44,47). The van der Waals surface area contributed by atoms with E-state index in [2.05, 4.69) is 25.3 Å². The number of alkyl halides is 3. The van der Waals surface area contributed by atoms with Gasteiger partial charge in [-0.15, -0.1) is 0 Å². The average molecular weight is 663 g/mol. The first-order valence-electron chi connectivity index (χ1n) is 16.6. The monoisotopic (exact) mass is 662 g/mol. The van der Waals surface area contributed by atoms with Crippen LogP contribution in [0.15, 0.2) is 54.9 Å². The first kappa shape index (κ1) is 33.3. The third-order valence-electron chi connectivity index (χ3n) is 9.57. The summed E-state index contributed by atoms with van der Waals surface area (Å²) in [5, 5.41) is 2.64. The molecule has 2 fully saturated rings. The first-order chi connectivity index (χ1) is 23.0. The molecule has 4 aromatic rings. The van der Waals surface area contributed by atoms with Crippen LogP contribution in [0.4, 0.5) is 18.0 Å². The Morgan fingerprint density at radius 2 is 1.50 bits per heavy atom. The molecule has 3 N–H and O–H groups in total. The van der Waals surface area contributed by atoms with Crippen molar-refractivity contribution in [3.05, 3.63) is 72.1 Å². The molecule has 1 saturated carbocycles. The van der Waals surface area contributed by atoms with Crippen molar-refractivity contribution >= 4 is 12.0 Å². The number of benzene rings is 2. The van der Waals surface area contributed by atoms with Gasteiger partial charge >= 0.3 is 12.3 Å². The van der Waals surface area contributed by atoms with Crippen LogP contribution in [0.5, 0.6) is 0 Å². The van der Waals surface area contributed by atoms with E-state index in [1.165, 1.54) is 25.7 Å². The predicted octanol–water partition coefficient (Wildman–Crippen LogP) is 8.24. The van der Waals surface area contributed by atoms with Crippen LogP contribution in [-0.4, -0.2) is 56.5 Å². The van der Waals surface area contributed by atoms with Crippen LogP contribution in [0.25, 0.3) is 33.6 Å². The third-order valence-corrected chi connectivity index (χ3v) is 9.57. The highest BCUT2D eigenvalue weighted by molar-refractivity contribution is 5.86. The molecular formula is C36H41F3N6O3. The normalized spacial score (nSPS) is 17.9. The number of ether oxygens (including phenoxy) is 1. The number of hydrogen-bond acceptors (Lipinski definition) is 5. The number of halogens is 3. The summed E-state index contributed by atoms with van der Waals surface area (Å²) in [6, 6.07) is 10.3. The van der Waals surface area contributed by atoms with Gasteiger partial charge in [0, 0.05) is 18.0 Å². The van der Waals surface area contributed by atoms with Crippen LogP contribution in [0.3, 0.4) is 0 Å². The summed E-state index contributed by atoms with van der Waals surface area (Å²) < 4.78 is 47.9. The Kier molecular flexibility index (Phi) is 9.61. The molecule has 48 heavy (non-hydrogen) atoms. The minimum absolute atomic E-state index is 0.0931. The molecule has 0 bridgehead atoms. The van der Waals surface area contributed by atoms with Gasteiger partial charge < -0.3 is 24.9 Å². The minimum Gasteiger partial charge on any atom is -0.453 e. The van der Waals surface area contributed by atoms with Crippen molar-refractivity contribution in [1.82, 2.24) is 30.2 Å². The summed E-state index contributed by atoms with van der Waals surface area (Å²) in [6.07, 6.45) is 5.16. The molecule has 3 heterocycles. The number of hydrogen-bond donors (Lipinski definition) is 3. The quantitative estimate of drug-likeness (QED) is 0.176. The number of imidazole rings is 2. The number of H-pyrrole nitrogens is 2. The van der Waals surface area contributed by atoms with Gasteiger partial charge in [0.2, 0.25) is 5.91 Å². The van der Waals surface area contributed by atoms with Gasteiger partial charge in [-0.05, 0) is 54.4 Å². The van der Waals surface area contributed by atoms with Gasteiger partial charge in [0.15, 0.2) is 0 Å². The van der Waals surface area contributed by atoms with Gasteiger partial charge in [-0.1, -0.05) is 69.5 Å². The molecule has 1 saturated heterocycles. The summed E-state index contributed by atoms with van der Waals surface area (Å²) in [4.78, 5) is 42.8. The number of likely N-dealkylation sites (tertiary alicyclic amines) is 1. The maximum Gasteiger partial charge on any atom is 0.417 e.